The van der Waals surface area contributed by atoms with E-state index in [2.05, 4.69) is 10.8 Å². The number of likely N-dealkylation sites (tertiary alicyclic amines) is 1. The molecule has 3 atom stereocenters. The van der Waals surface area contributed by atoms with Crippen LogP contribution in [0.4, 0.5) is 10.5 Å². The maximum atomic E-state index is 14.1. The Morgan fingerprint density at radius 1 is 1.18 bits per heavy atom. The van der Waals surface area contributed by atoms with Gasteiger partial charge < -0.3 is 20.3 Å². The zero-order valence-corrected chi connectivity index (χ0v) is 22.2. The van der Waals surface area contributed by atoms with Crippen molar-refractivity contribution in [3.05, 3.63) is 63.6 Å². The number of halogens is 2. The molecule has 2 aliphatic heterocycles. The lowest BCUT2D eigenvalue weighted by molar-refractivity contribution is -0.142. The number of benzene rings is 2. The van der Waals surface area contributed by atoms with E-state index in [-0.39, 0.29) is 47.6 Å². The lowest BCUT2D eigenvalue weighted by atomic mass is 9.80. The molecule has 4 rings (SSSR count). The summed E-state index contributed by atoms with van der Waals surface area (Å²) < 4.78 is 4.63. The van der Waals surface area contributed by atoms with Crippen LogP contribution >= 0.6 is 23.2 Å². The Labute approximate surface area is 229 Å². The van der Waals surface area contributed by atoms with E-state index in [1.165, 1.54) is 42.2 Å². The van der Waals surface area contributed by atoms with Crippen molar-refractivity contribution in [1.29, 1.82) is 5.26 Å². The molecule has 2 aromatic rings. The average Bonchev–Trinajstić information content (AvgIpc) is 3.39. The number of nitriles is 1. The van der Waals surface area contributed by atoms with Gasteiger partial charge in [0.2, 0.25) is 5.91 Å². The monoisotopic (exact) mass is 557 g/mol. The highest BCUT2D eigenvalue weighted by Crippen LogP contribution is 2.46. The molecule has 2 heterocycles. The van der Waals surface area contributed by atoms with E-state index in [0.29, 0.717) is 11.1 Å². The maximum Gasteiger partial charge on any atom is 0.332 e. The van der Waals surface area contributed by atoms with Gasteiger partial charge in [-0.2, -0.15) is 5.26 Å². The summed E-state index contributed by atoms with van der Waals surface area (Å²) in [5, 5.41) is 9.73. The van der Waals surface area contributed by atoms with Crippen LogP contribution in [0, 0.1) is 11.3 Å². The highest BCUT2D eigenvalue weighted by molar-refractivity contribution is 6.35. The van der Waals surface area contributed by atoms with Crippen LogP contribution < -0.4 is 10.6 Å². The Kier molecular flexibility index (Phi) is 7.65. The molecule has 198 valence electrons. The van der Waals surface area contributed by atoms with Crippen molar-refractivity contribution in [1.82, 2.24) is 9.80 Å². The van der Waals surface area contributed by atoms with E-state index < -0.39 is 35.4 Å². The quantitative estimate of drug-likeness (QED) is 0.425. The van der Waals surface area contributed by atoms with E-state index in [0.717, 1.165) is 4.90 Å². The number of likely N-dealkylation sites (N-methyl/N-ethyl adjacent to an activating group) is 1. The number of methoxy groups -OCH3 is 1. The second-order valence-electron chi connectivity index (χ2n) is 9.26. The summed E-state index contributed by atoms with van der Waals surface area (Å²) in [6.45, 7) is 0.0571. The molecule has 0 bridgehead atoms. The van der Waals surface area contributed by atoms with E-state index in [1.54, 1.807) is 24.3 Å². The maximum absolute atomic E-state index is 14.1. The Morgan fingerprint density at radius 2 is 1.82 bits per heavy atom. The molecule has 4 amide bonds. The topological polar surface area (TPSA) is 137 Å². The predicted octanol–water partition coefficient (Wildman–Crippen LogP) is 2.91. The Balaban J connectivity index is 1.72. The SMILES string of the molecule is COC(=O)[C@H](N)CCC(=O)N1C[C@@H](c2ccc(C#N)cc2)C2(C1)C(=O)N(c1cc(Cl)cc(Cl)c1)C(=O)N2C. The van der Waals surface area contributed by atoms with Crippen LogP contribution in [0.15, 0.2) is 42.5 Å². The molecule has 2 aromatic carbocycles. The lowest BCUT2D eigenvalue weighted by Gasteiger charge is -2.33. The smallest absolute Gasteiger partial charge is 0.332 e. The van der Waals surface area contributed by atoms with Crippen LogP contribution in [0.2, 0.25) is 10.0 Å². The molecule has 0 saturated carbocycles. The van der Waals surface area contributed by atoms with E-state index in [4.69, 9.17) is 28.9 Å². The van der Waals surface area contributed by atoms with Crippen LogP contribution in [0.3, 0.4) is 0 Å². The number of nitrogens with zero attached hydrogens (tertiary/aromatic N) is 4. The molecule has 2 fully saturated rings. The standard InChI is InChI=1S/C26H25Cl2N5O5/c1-31-25(37)33(19-10-17(27)9-18(28)11-19)24(36)26(31)14-32(22(34)8-7-21(30)23(35)38-2)13-20(26)16-5-3-15(12-29)4-6-16/h3-6,9-11,20-21H,7-8,13-14,30H2,1-2H3/t20-,21+,26?/m0/s1. The van der Waals surface area contributed by atoms with Gasteiger partial charge in [0.1, 0.15) is 11.6 Å². The molecule has 0 aromatic heterocycles. The van der Waals surface area contributed by atoms with Crippen LogP contribution in [-0.4, -0.2) is 72.4 Å². The molecule has 0 aliphatic carbocycles. The van der Waals surface area contributed by atoms with Crippen molar-refractivity contribution < 1.29 is 23.9 Å². The summed E-state index contributed by atoms with van der Waals surface area (Å²) in [5.41, 5.74) is 5.70. The predicted molar refractivity (Wildman–Crippen MR) is 140 cm³/mol. The molecule has 1 unspecified atom stereocenters. The minimum Gasteiger partial charge on any atom is -0.468 e. The molecule has 38 heavy (non-hydrogen) atoms. The third kappa shape index (κ3) is 4.69. The molecule has 2 aliphatic rings. The number of esters is 1. The third-order valence-corrected chi connectivity index (χ3v) is 7.57. The number of urea groups is 1. The largest absolute Gasteiger partial charge is 0.468 e. The Bertz CT molecular complexity index is 1320. The van der Waals surface area contributed by atoms with Crippen molar-refractivity contribution in [2.24, 2.45) is 5.73 Å². The number of amides is 4. The van der Waals surface area contributed by atoms with Gasteiger partial charge in [-0.3, -0.25) is 14.4 Å². The summed E-state index contributed by atoms with van der Waals surface area (Å²) in [6.07, 6.45) is 0.0122. The summed E-state index contributed by atoms with van der Waals surface area (Å²) in [4.78, 5) is 56.4. The van der Waals surface area contributed by atoms with Gasteiger partial charge in [-0.25, -0.2) is 9.69 Å². The van der Waals surface area contributed by atoms with E-state index in [9.17, 15) is 24.4 Å². The molecule has 12 heteroatoms. The number of hydrogen-bond acceptors (Lipinski definition) is 7. The van der Waals surface area contributed by atoms with Crippen molar-refractivity contribution in [2.45, 2.75) is 30.3 Å². The van der Waals surface area contributed by atoms with Crippen molar-refractivity contribution in [2.75, 3.05) is 32.1 Å². The summed E-state index contributed by atoms with van der Waals surface area (Å²) >= 11 is 12.3. The minimum absolute atomic E-state index is 0.0497. The number of rotatable bonds is 6. The summed E-state index contributed by atoms with van der Waals surface area (Å²) in [6, 6.07) is 11.6. The first kappa shape index (κ1) is 27.4. The van der Waals surface area contributed by atoms with Gasteiger partial charge in [-0.1, -0.05) is 35.3 Å². The van der Waals surface area contributed by atoms with Gasteiger partial charge in [0.25, 0.3) is 5.91 Å². The van der Waals surface area contributed by atoms with Gasteiger partial charge >= 0.3 is 12.0 Å². The zero-order valence-electron chi connectivity index (χ0n) is 20.7. The number of ether oxygens (including phenoxy) is 1. The van der Waals surface area contributed by atoms with Crippen LogP contribution in [0.25, 0.3) is 0 Å². The zero-order chi connectivity index (χ0) is 27.8. The number of carbonyl (C=O) groups is 4. The Morgan fingerprint density at radius 3 is 2.39 bits per heavy atom. The molecule has 2 N–H and O–H groups in total. The van der Waals surface area contributed by atoms with Crippen molar-refractivity contribution in [3.63, 3.8) is 0 Å². The fourth-order valence-electron chi connectivity index (χ4n) is 5.10. The molecule has 0 radical (unpaired) electrons. The van der Waals surface area contributed by atoms with Gasteiger partial charge in [-0.05, 0) is 42.3 Å². The van der Waals surface area contributed by atoms with Crippen molar-refractivity contribution in [3.8, 4) is 6.07 Å². The molecule has 10 nitrogen and oxygen atoms in total. The fraction of sp³-hybridized carbons (Fsp3) is 0.346. The van der Waals surface area contributed by atoms with E-state index >= 15 is 0 Å². The fourth-order valence-corrected chi connectivity index (χ4v) is 5.62. The average molecular weight is 558 g/mol. The molecular formula is C26H25Cl2N5O5. The number of imide groups is 1. The number of hydrogen-bond donors (Lipinski definition) is 1. The summed E-state index contributed by atoms with van der Waals surface area (Å²) in [7, 11) is 2.73. The van der Waals surface area contributed by atoms with Crippen LogP contribution in [-0.2, 0) is 19.1 Å². The number of anilines is 1. The second kappa shape index (κ2) is 10.6. The van der Waals surface area contributed by atoms with Crippen LogP contribution in [0.5, 0.6) is 0 Å². The van der Waals surface area contributed by atoms with E-state index in [1.807, 2.05) is 0 Å². The first-order valence-electron chi connectivity index (χ1n) is 11.7. The third-order valence-electron chi connectivity index (χ3n) is 7.14. The molecule has 1 spiro atoms. The Hall–Kier alpha value is -3.65. The summed E-state index contributed by atoms with van der Waals surface area (Å²) in [5.74, 6) is -2.08. The second-order valence-corrected chi connectivity index (χ2v) is 10.1. The normalized spacial score (nSPS) is 21.7. The number of nitrogens with two attached hydrogens (primary N) is 1. The lowest BCUT2D eigenvalue weighted by Crippen LogP contribution is -2.54. The minimum atomic E-state index is -1.43. The molecule has 2 saturated heterocycles. The van der Waals surface area contributed by atoms with Gasteiger partial charge in [0.05, 0.1) is 31.0 Å². The first-order valence-corrected chi connectivity index (χ1v) is 12.5. The van der Waals surface area contributed by atoms with Crippen LogP contribution in [0.1, 0.15) is 29.9 Å². The number of carbonyl (C=O) groups excluding carboxylic acids is 4. The highest BCUT2D eigenvalue weighted by Gasteiger charge is 2.64. The van der Waals surface area contributed by atoms with Gasteiger partial charge in [-0.15, -0.1) is 0 Å². The van der Waals surface area contributed by atoms with Gasteiger partial charge in [0.15, 0.2) is 0 Å². The van der Waals surface area contributed by atoms with Crippen molar-refractivity contribution >= 4 is 52.7 Å². The molecular weight excluding hydrogens is 533 g/mol. The first-order chi connectivity index (χ1) is 18.0. The highest BCUT2D eigenvalue weighted by atomic mass is 35.5. The van der Waals surface area contributed by atoms with Gasteiger partial charge in [0, 0.05) is 36.0 Å².